The van der Waals surface area contributed by atoms with Gasteiger partial charge in [0.2, 0.25) is 0 Å². The quantitative estimate of drug-likeness (QED) is 0.834. The maximum absolute atomic E-state index is 9.18. The molecule has 1 aromatic heterocycles. The van der Waals surface area contributed by atoms with Crippen LogP contribution in [0, 0.1) is 13.8 Å². The van der Waals surface area contributed by atoms with Crippen molar-refractivity contribution in [3.63, 3.8) is 0 Å². The first-order valence-electron chi connectivity index (χ1n) is 5.22. The lowest BCUT2D eigenvalue weighted by Gasteiger charge is -2.08. The minimum absolute atomic E-state index is 0.00721. The summed E-state index contributed by atoms with van der Waals surface area (Å²) in [6.45, 7) is 3.78. The van der Waals surface area contributed by atoms with E-state index in [1.54, 1.807) is 0 Å². The molecule has 3 heteroatoms. The lowest BCUT2D eigenvalue weighted by molar-refractivity contribution is 0.279. The van der Waals surface area contributed by atoms with Gasteiger partial charge in [-0.25, -0.2) is 9.97 Å². The molecule has 0 aliphatic carbocycles. The van der Waals surface area contributed by atoms with Crippen molar-refractivity contribution >= 4 is 0 Å². The van der Waals surface area contributed by atoms with E-state index in [1.165, 1.54) is 0 Å². The van der Waals surface area contributed by atoms with Crippen LogP contribution in [0.4, 0.5) is 0 Å². The van der Waals surface area contributed by atoms with Crippen LogP contribution in [0.25, 0.3) is 11.4 Å². The fraction of sp³-hybridized carbons (Fsp3) is 0.231. The zero-order valence-corrected chi connectivity index (χ0v) is 9.44. The predicted molar refractivity (Wildman–Crippen MR) is 62.9 cm³/mol. The Labute approximate surface area is 94.8 Å². The molecule has 16 heavy (non-hydrogen) atoms. The second-order valence-electron chi connectivity index (χ2n) is 3.72. The number of hydrogen-bond donors (Lipinski definition) is 1. The van der Waals surface area contributed by atoms with E-state index in [9.17, 15) is 5.11 Å². The van der Waals surface area contributed by atoms with Crippen molar-refractivity contribution in [1.29, 1.82) is 0 Å². The van der Waals surface area contributed by atoms with Crippen molar-refractivity contribution in [3.05, 3.63) is 47.3 Å². The first-order valence-corrected chi connectivity index (χ1v) is 5.22. The SMILES string of the molecule is Cc1nc(-c2ccccc2)nc(C)c1CO. The molecule has 0 fully saturated rings. The second kappa shape index (κ2) is 4.41. The van der Waals surface area contributed by atoms with Gasteiger partial charge in [-0.1, -0.05) is 30.3 Å². The largest absolute Gasteiger partial charge is 0.392 e. The number of aliphatic hydroxyl groups excluding tert-OH is 1. The minimum atomic E-state index is -0.00721. The van der Waals surface area contributed by atoms with Gasteiger partial charge in [-0.15, -0.1) is 0 Å². The fourth-order valence-electron chi connectivity index (χ4n) is 1.68. The molecular formula is C13H14N2O. The van der Waals surface area contributed by atoms with Gasteiger partial charge >= 0.3 is 0 Å². The number of benzene rings is 1. The van der Waals surface area contributed by atoms with Crippen molar-refractivity contribution < 1.29 is 5.11 Å². The van der Waals surface area contributed by atoms with E-state index >= 15 is 0 Å². The van der Waals surface area contributed by atoms with Crippen molar-refractivity contribution in [2.24, 2.45) is 0 Å². The van der Waals surface area contributed by atoms with Gasteiger partial charge < -0.3 is 5.11 Å². The van der Waals surface area contributed by atoms with Crippen LogP contribution in [0.5, 0.6) is 0 Å². The molecule has 0 aliphatic heterocycles. The summed E-state index contributed by atoms with van der Waals surface area (Å²) in [5, 5.41) is 9.18. The Morgan fingerprint density at radius 2 is 1.56 bits per heavy atom. The predicted octanol–water partition coefficient (Wildman–Crippen LogP) is 2.25. The van der Waals surface area contributed by atoms with Crippen LogP contribution < -0.4 is 0 Å². The van der Waals surface area contributed by atoms with E-state index in [1.807, 2.05) is 44.2 Å². The van der Waals surface area contributed by atoms with E-state index in [0.29, 0.717) is 5.82 Å². The number of nitrogens with zero attached hydrogens (tertiary/aromatic N) is 2. The van der Waals surface area contributed by atoms with Crippen molar-refractivity contribution in [3.8, 4) is 11.4 Å². The molecule has 1 aromatic carbocycles. The van der Waals surface area contributed by atoms with E-state index < -0.39 is 0 Å². The molecule has 0 atom stereocenters. The van der Waals surface area contributed by atoms with Gasteiger partial charge in [0.25, 0.3) is 0 Å². The standard InChI is InChI=1S/C13H14N2O/c1-9-12(8-16)10(2)15-13(14-9)11-6-4-3-5-7-11/h3-7,16H,8H2,1-2H3. The Kier molecular flexibility index (Phi) is 2.97. The third-order valence-electron chi connectivity index (χ3n) is 2.61. The molecule has 0 bridgehead atoms. The number of rotatable bonds is 2. The van der Waals surface area contributed by atoms with Crippen molar-refractivity contribution in [2.75, 3.05) is 0 Å². The first kappa shape index (κ1) is 10.8. The van der Waals surface area contributed by atoms with E-state index in [4.69, 9.17) is 0 Å². The van der Waals surface area contributed by atoms with Gasteiger partial charge in [0, 0.05) is 22.5 Å². The molecule has 0 amide bonds. The van der Waals surface area contributed by atoms with E-state index in [0.717, 1.165) is 22.5 Å². The van der Waals surface area contributed by atoms with Gasteiger partial charge in [-0.2, -0.15) is 0 Å². The van der Waals surface area contributed by atoms with Crippen LogP contribution in [-0.2, 0) is 6.61 Å². The molecule has 0 unspecified atom stereocenters. The third-order valence-corrected chi connectivity index (χ3v) is 2.61. The van der Waals surface area contributed by atoms with Crippen LogP contribution >= 0.6 is 0 Å². The lowest BCUT2D eigenvalue weighted by atomic mass is 10.1. The van der Waals surface area contributed by atoms with Crippen LogP contribution in [0.3, 0.4) is 0 Å². The van der Waals surface area contributed by atoms with Crippen LogP contribution in [0.1, 0.15) is 17.0 Å². The van der Waals surface area contributed by atoms with Crippen molar-refractivity contribution in [2.45, 2.75) is 20.5 Å². The Hall–Kier alpha value is -1.74. The Bertz CT molecular complexity index is 472. The molecule has 1 N–H and O–H groups in total. The molecule has 2 aromatic rings. The van der Waals surface area contributed by atoms with Crippen molar-refractivity contribution in [1.82, 2.24) is 9.97 Å². The maximum atomic E-state index is 9.18. The first-order chi connectivity index (χ1) is 7.72. The summed E-state index contributed by atoms with van der Waals surface area (Å²) in [6, 6.07) is 9.84. The topological polar surface area (TPSA) is 46.0 Å². The Balaban J connectivity index is 2.53. The maximum Gasteiger partial charge on any atom is 0.159 e. The summed E-state index contributed by atoms with van der Waals surface area (Å²) in [6.07, 6.45) is 0. The summed E-state index contributed by atoms with van der Waals surface area (Å²) in [4.78, 5) is 8.81. The minimum Gasteiger partial charge on any atom is -0.392 e. The number of aryl methyl sites for hydroxylation is 2. The molecule has 0 spiro atoms. The monoisotopic (exact) mass is 214 g/mol. The highest BCUT2D eigenvalue weighted by Crippen LogP contribution is 2.18. The molecule has 0 aliphatic rings. The molecule has 1 heterocycles. The highest BCUT2D eigenvalue weighted by atomic mass is 16.3. The smallest absolute Gasteiger partial charge is 0.159 e. The van der Waals surface area contributed by atoms with Gasteiger partial charge in [-0.05, 0) is 13.8 Å². The summed E-state index contributed by atoms with van der Waals surface area (Å²) < 4.78 is 0. The van der Waals surface area contributed by atoms with Crippen LogP contribution in [-0.4, -0.2) is 15.1 Å². The van der Waals surface area contributed by atoms with E-state index in [-0.39, 0.29) is 6.61 Å². The zero-order valence-electron chi connectivity index (χ0n) is 9.44. The number of aromatic nitrogens is 2. The molecule has 82 valence electrons. The second-order valence-corrected chi connectivity index (χ2v) is 3.72. The van der Waals surface area contributed by atoms with Crippen LogP contribution in [0.15, 0.2) is 30.3 Å². The molecule has 2 rings (SSSR count). The Morgan fingerprint density at radius 1 is 1.00 bits per heavy atom. The average Bonchev–Trinajstić information content (AvgIpc) is 2.30. The summed E-state index contributed by atoms with van der Waals surface area (Å²) in [7, 11) is 0. The molecule has 0 saturated heterocycles. The normalized spacial score (nSPS) is 10.4. The molecule has 0 radical (unpaired) electrons. The fourth-order valence-corrected chi connectivity index (χ4v) is 1.68. The van der Waals surface area contributed by atoms with Gasteiger partial charge in [0.15, 0.2) is 5.82 Å². The summed E-state index contributed by atoms with van der Waals surface area (Å²) >= 11 is 0. The highest BCUT2D eigenvalue weighted by molar-refractivity contribution is 5.55. The molecule has 0 saturated carbocycles. The lowest BCUT2D eigenvalue weighted by Crippen LogP contribution is -2.02. The van der Waals surface area contributed by atoms with Gasteiger partial charge in [0.1, 0.15) is 0 Å². The summed E-state index contributed by atoms with van der Waals surface area (Å²) in [5.74, 6) is 0.716. The number of aliphatic hydroxyl groups is 1. The van der Waals surface area contributed by atoms with Gasteiger partial charge in [-0.3, -0.25) is 0 Å². The van der Waals surface area contributed by atoms with Gasteiger partial charge in [0.05, 0.1) is 6.61 Å². The van der Waals surface area contributed by atoms with E-state index in [2.05, 4.69) is 9.97 Å². The molecular weight excluding hydrogens is 200 g/mol. The number of hydrogen-bond acceptors (Lipinski definition) is 3. The highest BCUT2D eigenvalue weighted by Gasteiger charge is 2.08. The summed E-state index contributed by atoms with van der Waals surface area (Å²) in [5.41, 5.74) is 3.50. The Morgan fingerprint density at radius 3 is 2.06 bits per heavy atom. The third kappa shape index (κ3) is 1.95. The van der Waals surface area contributed by atoms with Crippen LogP contribution in [0.2, 0.25) is 0 Å². The average molecular weight is 214 g/mol. The molecule has 3 nitrogen and oxygen atoms in total. The zero-order chi connectivity index (χ0) is 11.5.